The third-order valence-corrected chi connectivity index (χ3v) is 5.14. The second kappa shape index (κ2) is 6.60. The Morgan fingerprint density at radius 2 is 2.04 bits per heavy atom. The molecule has 0 aromatic heterocycles. The summed E-state index contributed by atoms with van der Waals surface area (Å²) < 4.78 is 31.5. The van der Waals surface area contributed by atoms with Gasteiger partial charge < -0.3 is 15.8 Å². The number of amides is 2. The highest BCUT2D eigenvalue weighted by Crippen LogP contribution is 2.45. The molecule has 0 saturated heterocycles. The van der Waals surface area contributed by atoms with Crippen LogP contribution in [0.4, 0.5) is 10.5 Å². The lowest BCUT2D eigenvalue weighted by molar-refractivity contribution is -0.122. The van der Waals surface area contributed by atoms with Gasteiger partial charge in [-0.05, 0) is 25.5 Å². The Labute approximate surface area is 145 Å². The Bertz CT molecular complexity index is 849. The van der Waals surface area contributed by atoms with Crippen LogP contribution in [0.25, 0.3) is 0 Å². The fourth-order valence-electron chi connectivity index (χ4n) is 2.39. The molecule has 0 radical (unpaired) electrons. The van der Waals surface area contributed by atoms with Crippen LogP contribution in [-0.2, 0) is 19.6 Å². The molecule has 8 nitrogen and oxygen atoms in total. The average Bonchev–Trinajstić information content (AvgIpc) is 3.20. The van der Waals surface area contributed by atoms with E-state index in [-0.39, 0.29) is 22.8 Å². The molecule has 0 unspecified atom stereocenters. The van der Waals surface area contributed by atoms with Gasteiger partial charge in [0.25, 0.3) is 15.9 Å². The Morgan fingerprint density at radius 3 is 2.56 bits per heavy atom. The third-order valence-electron chi connectivity index (χ3n) is 3.73. The number of ether oxygens (including phenoxy) is 1. The van der Waals surface area contributed by atoms with Crippen molar-refractivity contribution in [2.24, 2.45) is 5.92 Å². The largest absolute Gasteiger partial charge is 0.416 e. The van der Waals surface area contributed by atoms with Crippen molar-refractivity contribution >= 4 is 27.7 Å². The second-order valence-electron chi connectivity index (χ2n) is 5.71. The Balaban J connectivity index is 2.22. The van der Waals surface area contributed by atoms with Gasteiger partial charge in [-0.15, -0.1) is 6.58 Å². The molecule has 1 aliphatic carbocycles. The minimum atomic E-state index is -4.19. The van der Waals surface area contributed by atoms with Crippen LogP contribution in [0.1, 0.15) is 13.3 Å². The molecule has 25 heavy (non-hydrogen) atoms. The van der Waals surface area contributed by atoms with Crippen LogP contribution in [-0.4, -0.2) is 26.0 Å². The highest BCUT2D eigenvalue weighted by atomic mass is 32.2. The normalized spacial score (nSPS) is 21.7. The van der Waals surface area contributed by atoms with Crippen LogP contribution in [0.5, 0.6) is 0 Å². The van der Waals surface area contributed by atoms with Crippen LogP contribution in [0.15, 0.2) is 54.2 Å². The standard InChI is InChI=1S/C16H19N3O5S/c1-4-11-9-16(11,18-15(21)24-10(2)3)14(20)19-25(22,23)13-8-6-5-7-12(13)17/h4-8,11H,1-2,9,17H2,3H3,(H,18,21)(H,19,20)/t11-,16-/m1/s1. The highest BCUT2D eigenvalue weighted by molar-refractivity contribution is 7.90. The molecule has 0 heterocycles. The first-order valence-corrected chi connectivity index (χ1v) is 8.80. The van der Waals surface area contributed by atoms with E-state index < -0.39 is 33.5 Å². The van der Waals surface area contributed by atoms with Gasteiger partial charge in [-0.2, -0.15) is 0 Å². The summed E-state index contributed by atoms with van der Waals surface area (Å²) in [5.74, 6) is -1.18. The summed E-state index contributed by atoms with van der Waals surface area (Å²) >= 11 is 0. The zero-order valence-electron chi connectivity index (χ0n) is 13.6. The molecular weight excluding hydrogens is 346 g/mol. The van der Waals surface area contributed by atoms with E-state index in [1.807, 2.05) is 4.72 Å². The van der Waals surface area contributed by atoms with Crippen molar-refractivity contribution in [1.29, 1.82) is 0 Å². The zero-order chi connectivity index (χ0) is 18.8. The number of sulfonamides is 1. The molecule has 9 heteroatoms. The maximum absolute atomic E-state index is 12.5. The summed E-state index contributed by atoms with van der Waals surface area (Å²) in [5, 5.41) is 2.39. The Hall–Kier alpha value is -2.81. The van der Waals surface area contributed by atoms with Crippen LogP contribution in [0, 0.1) is 5.92 Å². The predicted molar refractivity (Wildman–Crippen MR) is 91.6 cm³/mol. The van der Waals surface area contributed by atoms with E-state index >= 15 is 0 Å². The number of rotatable bonds is 6. The van der Waals surface area contributed by atoms with E-state index in [9.17, 15) is 18.0 Å². The molecule has 1 fully saturated rings. The highest BCUT2D eigenvalue weighted by Gasteiger charge is 2.61. The number of anilines is 1. The first-order valence-electron chi connectivity index (χ1n) is 7.32. The van der Waals surface area contributed by atoms with Gasteiger partial charge in [-0.3, -0.25) is 4.79 Å². The smallest absolute Gasteiger partial charge is 0.413 e. The van der Waals surface area contributed by atoms with Crippen molar-refractivity contribution in [2.45, 2.75) is 23.8 Å². The molecule has 1 aromatic rings. The molecule has 2 rings (SSSR count). The van der Waals surface area contributed by atoms with E-state index in [4.69, 9.17) is 10.5 Å². The maximum atomic E-state index is 12.5. The number of para-hydroxylation sites is 1. The van der Waals surface area contributed by atoms with Gasteiger partial charge >= 0.3 is 6.09 Å². The van der Waals surface area contributed by atoms with E-state index in [0.717, 1.165) is 0 Å². The number of hydrogen-bond donors (Lipinski definition) is 3. The molecule has 2 amide bonds. The first-order chi connectivity index (χ1) is 11.6. The SMILES string of the molecule is C=C[C@@H]1C[C@]1(NC(=O)OC(=C)C)C(=O)NS(=O)(=O)c1ccccc1N. The van der Waals surface area contributed by atoms with Gasteiger partial charge in [0.15, 0.2) is 0 Å². The number of benzene rings is 1. The van der Waals surface area contributed by atoms with Crippen molar-refractivity contribution in [1.82, 2.24) is 10.0 Å². The molecule has 4 N–H and O–H groups in total. The summed E-state index contributed by atoms with van der Waals surface area (Å²) in [6.07, 6.45) is 0.765. The zero-order valence-corrected chi connectivity index (χ0v) is 14.4. The van der Waals surface area contributed by atoms with Gasteiger partial charge in [0.05, 0.1) is 11.4 Å². The molecule has 2 atom stereocenters. The number of carbonyl (C=O) groups excluding carboxylic acids is 2. The number of carbonyl (C=O) groups is 2. The van der Waals surface area contributed by atoms with Crippen molar-refractivity contribution in [3.8, 4) is 0 Å². The molecule has 1 aliphatic rings. The van der Waals surface area contributed by atoms with Gasteiger partial charge in [0, 0.05) is 5.92 Å². The minimum Gasteiger partial charge on any atom is -0.416 e. The van der Waals surface area contributed by atoms with Crippen LogP contribution in [0.2, 0.25) is 0 Å². The Morgan fingerprint density at radius 1 is 1.40 bits per heavy atom. The van der Waals surface area contributed by atoms with E-state index in [1.54, 1.807) is 6.07 Å². The summed E-state index contributed by atoms with van der Waals surface area (Å²) in [7, 11) is -4.19. The minimum absolute atomic E-state index is 0.00238. The topological polar surface area (TPSA) is 128 Å². The van der Waals surface area contributed by atoms with Gasteiger partial charge in [-0.25, -0.2) is 17.9 Å². The van der Waals surface area contributed by atoms with Crippen molar-refractivity contribution in [3.05, 3.63) is 49.3 Å². The molecule has 134 valence electrons. The van der Waals surface area contributed by atoms with Crippen LogP contribution in [0.3, 0.4) is 0 Å². The molecule has 0 bridgehead atoms. The fourth-order valence-corrected chi connectivity index (χ4v) is 3.57. The quantitative estimate of drug-likeness (QED) is 0.396. The summed E-state index contributed by atoms with van der Waals surface area (Å²) in [5.41, 5.74) is 4.21. The monoisotopic (exact) mass is 365 g/mol. The number of allylic oxidation sites excluding steroid dienone is 1. The van der Waals surface area contributed by atoms with Gasteiger partial charge in [-0.1, -0.05) is 24.8 Å². The maximum Gasteiger partial charge on any atom is 0.413 e. The van der Waals surface area contributed by atoms with E-state index in [0.29, 0.717) is 0 Å². The predicted octanol–water partition coefficient (Wildman–Crippen LogP) is 1.28. The van der Waals surface area contributed by atoms with Gasteiger partial charge in [0.2, 0.25) is 0 Å². The number of nitrogen functional groups attached to an aromatic ring is 1. The van der Waals surface area contributed by atoms with E-state index in [2.05, 4.69) is 18.5 Å². The van der Waals surface area contributed by atoms with Crippen molar-refractivity contribution in [3.63, 3.8) is 0 Å². The summed E-state index contributed by atoms with van der Waals surface area (Å²) in [4.78, 5) is 24.1. The molecule has 1 saturated carbocycles. The third kappa shape index (κ3) is 3.82. The van der Waals surface area contributed by atoms with Crippen molar-refractivity contribution in [2.75, 3.05) is 5.73 Å². The summed E-state index contributed by atoms with van der Waals surface area (Å²) in [6, 6.07) is 5.73. The molecule has 0 spiro atoms. The number of nitrogens with two attached hydrogens (primary N) is 1. The number of hydrogen-bond acceptors (Lipinski definition) is 6. The lowest BCUT2D eigenvalue weighted by atomic mass is 10.2. The van der Waals surface area contributed by atoms with E-state index in [1.165, 1.54) is 31.2 Å². The first kappa shape index (κ1) is 18.5. The molecular formula is C16H19N3O5S. The average molecular weight is 365 g/mol. The molecule has 1 aromatic carbocycles. The summed E-state index contributed by atoms with van der Waals surface area (Å²) in [6.45, 7) is 8.47. The second-order valence-corrected chi connectivity index (χ2v) is 7.36. The molecule has 0 aliphatic heterocycles. The van der Waals surface area contributed by atoms with Crippen LogP contribution >= 0.6 is 0 Å². The van der Waals surface area contributed by atoms with Gasteiger partial charge in [0.1, 0.15) is 10.4 Å². The lowest BCUT2D eigenvalue weighted by Crippen LogP contribution is -2.51. The lowest BCUT2D eigenvalue weighted by Gasteiger charge is -2.18. The number of alkyl carbamates (subject to hydrolysis) is 1. The van der Waals surface area contributed by atoms with Crippen LogP contribution < -0.4 is 15.8 Å². The Kier molecular flexibility index (Phi) is 4.89. The fraction of sp³-hybridized carbons (Fsp3) is 0.250. The van der Waals surface area contributed by atoms with Crippen molar-refractivity contribution < 1.29 is 22.7 Å². The number of nitrogens with one attached hydrogen (secondary N) is 2.